The van der Waals surface area contributed by atoms with Crippen LogP contribution >= 0.6 is 0 Å². The van der Waals surface area contributed by atoms with Gasteiger partial charge in [-0.25, -0.2) is 4.99 Å². The number of hydrogen-bond donors (Lipinski definition) is 5. The van der Waals surface area contributed by atoms with Crippen LogP contribution in [0.2, 0.25) is 0 Å². The molecule has 8 aliphatic rings. The molecule has 4 fully saturated rings. The maximum atomic E-state index is 12.7. The van der Waals surface area contributed by atoms with Crippen LogP contribution in [0, 0.1) is 52.8 Å². The Morgan fingerprint density at radius 3 is 2.71 bits per heavy atom. The number of benzene rings is 1. The van der Waals surface area contributed by atoms with Gasteiger partial charge < -0.3 is 41.0 Å². The van der Waals surface area contributed by atoms with E-state index in [9.17, 15) is 15.0 Å². The number of ether oxygens (including phenoxy) is 2. The van der Waals surface area contributed by atoms with E-state index in [4.69, 9.17) is 20.2 Å². The highest BCUT2D eigenvalue weighted by Crippen LogP contribution is 2.48. The summed E-state index contributed by atoms with van der Waals surface area (Å²) in [5.74, 6) is 10.2. The van der Waals surface area contributed by atoms with Gasteiger partial charge in [0, 0.05) is 70.5 Å². The van der Waals surface area contributed by atoms with E-state index < -0.39 is 17.6 Å². The summed E-state index contributed by atoms with van der Waals surface area (Å²) in [6, 6.07) is 5.97. The second-order valence-electron chi connectivity index (χ2n) is 17.5. The lowest BCUT2D eigenvalue weighted by Crippen LogP contribution is -2.55. The minimum Gasteiger partial charge on any atom is -0.504 e. The first-order valence-corrected chi connectivity index (χ1v) is 20.3. The van der Waals surface area contributed by atoms with Crippen LogP contribution in [0.25, 0.3) is 0 Å². The highest BCUT2D eigenvalue weighted by Gasteiger charge is 2.48. The first kappa shape index (κ1) is 36.0. The topological polar surface area (TPSA) is 145 Å². The number of phenolic OH excluding ortho intramolecular Hbond substituents is 1. The first-order chi connectivity index (χ1) is 25.2. The number of piperidine rings is 3. The molecule has 11 heteroatoms. The first-order valence-electron chi connectivity index (χ1n) is 20.3. The molecule has 284 valence electrons. The molecule has 13 atom stereocenters. The zero-order valence-corrected chi connectivity index (χ0v) is 31.0. The van der Waals surface area contributed by atoms with Gasteiger partial charge in [0.25, 0.3) is 0 Å². The van der Waals surface area contributed by atoms with Crippen molar-refractivity contribution in [3.63, 3.8) is 0 Å². The monoisotopic (exact) mass is 716 g/mol. The number of hydrogen-bond acceptors (Lipinski definition) is 11. The SMILES string of the molecule is CC(=O)O[C@H]1C[C@@H](O)[C@H]2CC[C@H]3CN4C[C@@H]5C[C@@H](CN(CN=C(N)NC[C@]3(C#C[C@H]3CCC[C@@H]6C[C@H](CCN6)Oc6cc(ccc6O)C[C@@H]13)C2)C5)C4. The van der Waals surface area contributed by atoms with Gasteiger partial charge in [-0.05, 0) is 106 Å². The Labute approximate surface area is 309 Å². The summed E-state index contributed by atoms with van der Waals surface area (Å²) in [5.41, 5.74) is 7.21. The number of carbonyl (C=O) groups excluding carboxylic acids is 1. The highest BCUT2D eigenvalue weighted by atomic mass is 16.5. The summed E-state index contributed by atoms with van der Waals surface area (Å²) >= 11 is 0. The zero-order chi connectivity index (χ0) is 35.8. The molecule has 6 N–H and O–H groups in total. The van der Waals surface area contributed by atoms with E-state index in [2.05, 4.69) is 32.3 Å². The maximum Gasteiger partial charge on any atom is 0.302 e. The molecule has 6 aliphatic heterocycles. The summed E-state index contributed by atoms with van der Waals surface area (Å²) < 4.78 is 12.6. The van der Waals surface area contributed by atoms with Crippen molar-refractivity contribution >= 4 is 11.9 Å². The number of guanidine groups is 1. The molecule has 52 heavy (non-hydrogen) atoms. The molecule has 1 aromatic rings. The molecule has 0 amide bonds. The molecule has 9 rings (SSSR count). The highest BCUT2D eigenvalue weighted by molar-refractivity contribution is 5.77. The molecule has 11 nitrogen and oxygen atoms in total. The van der Waals surface area contributed by atoms with Crippen LogP contribution < -0.4 is 21.1 Å². The van der Waals surface area contributed by atoms with Gasteiger partial charge in [0.15, 0.2) is 17.5 Å². The smallest absolute Gasteiger partial charge is 0.302 e. The van der Waals surface area contributed by atoms with Gasteiger partial charge in [-0.1, -0.05) is 24.3 Å². The van der Waals surface area contributed by atoms with Crippen molar-refractivity contribution in [2.45, 2.75) is 102 Å². The van der Waals surface area contributed by atoms with Crippen LogP contribution in [0.3, 0.4) is 0 Å². The Morgan fingerprint density at radius 2 is 1.88 bits per heavy atom. The third-order valence-electron chi connectivity index (χ3n) is 13.7. The van der Waals surface area contributed by atoms with Gasteiger partial charge in [0.1, 0.15) is 12.2 Å². The lowest BCUT2D eigenvalue weighted by Gasteiger charge is -2.50. The fourth-order valence-corrected chi connectivity index (χ4v) is 11.2. The number of carbonyl (C=O) groups is 1. The van der Waals surface area contributed by atoms with Gasteiger partial charge in [0.2, 0.25) is 0 Å². The predicted octanol–water partition coefficient (Wildman–Crippen LogP) is 3.08. The predicted molar refractivity (Wildman–Crippen MR) is 199 cm³/mol. The average Bonchev–Trinajstić information content (AvgIpc) is 3.12. The van der Waals surface area contributed by atoms with Crippen molar-refractivity contribution in [2.24, 2.45) is 51.6 Å². The van der Waals surface area contributed by atoms with E-state index in [0.29, 0.717) is 61.6 Å². The van der Waals surface area contributed by atoms with Crippen LogP contribution in [0.5, 0.6) is 11.5 Å². The summed E-state index contributed by atoms with van der Waals surface area (Å²) in [6.45, 7) is 8.98. The van der Waals surface area contributed by atoms with Crippen LogP contribution in [0.1, 0.15) is 76.7 Å². The number of rotatable bonds is 1. The van der Waals surface area contributed by atoms with Crippen LogP contribution in [0.4, 0.5) is 0 Å². The van der Waals surface area contributed by atoms with E-state index in [1.807, 2.05) is 12.1 Å². The van der Waals surface area contributed by atoms with Crippen molar-refractivity contribution < 1.29 is 24.5 Å². The number of nitrogens with zero attached hydrogens (tertiary/aromatic N) is 3. The molecule has 1 saturated carbocycles. The van der Waals surface area contributed by atoms with Crippen molar-refractivity contribution in [3.8, 4) is 23.3 Å². The van der Waals surface area contributed by atoms with E-state index in [1.165, 1.54) is 13.3 Å². The van der Waals surface area contributed by atoms with E-state index in [0.717, 1.165) is 96.2 Å². The van der Waals surface area contributed by atoms with Gasteiger partial charge in [-0.2, -0.15) is 0 Å². The summed E-state index contributed by atoms with van der Waals surface area (Å²) in [7, 11) is 0. The lowest BCUT2D eigenvalue weighted by molar-refractivity contribution is -0.153. The minimum atomic E-state index is -0.635. The number of phenols is 1. The van der Waals surface area contributed by atoms with Gasteiger partial charge >= 0.3 is 5.97 Å². The summed E-state index contributed by atoms with van der Waals surface area (Å²) in [5, 5.41) is 30.2. The Kier molecular flexibility index (Phi) is 10.6. The molecule has 0 aromatic heterocycles. The largest absolute Gasteiger partial charge is 0.504 e. The van der Waals surface area contributed by atoms with Crippen molar-refractivity contribution in [1.29, 1.82) is 0 Å². The zero-order valence-electron chi connectivity index (χ0n) is 31.0. The second kappa shape index (κ2) is 15.4. The van der Waals surface area contributed by atoms with Crippen LogP contribution in [-0.2, 0) is 16.0 Å². The molecule has 1 spiro atoms. The molecule has 2 unspecified atom stereocenters. The number of nitrogens with two attached hydrogens (primary N) is 1. The fraction of sp³-hybridized carbons (Fsp3) is 0.756. The van der Waals surface area contributed by atoms with Crippen LogP contribution in [-0.4, -0.2) is 109 Å². The fourth-order valence-electron chi connectivity index (χ4n) is 11.2. The molecular weight excluding hydrogens is 656 g/mol. The molecular formula is C41H60N6O5. The maximum absolute atomic E-state index is 12.7. The number of aliphatic hydroxyl groups excluding tert-OH is 1. The minimum absolute atomic E-state index is 0.0256. The van der Waals surface area contributed by atoms with Crippen molar-refractivity contribution in [2.75, 3.05) is 52.5 Å². The number of esters is 1. The normalized spacial score (nSPS) is 42.0. The average molecular weight is 717 g/mol. The molecule has 0 radical (unpaired) electrons. The number of aliphatic hydroxyl groups is 1. The van der Waals surface area contributed by atoms with Gasteiger partial charge in [-0.15, -0.1) is 0 Å². The molecule has 10 bridgehead atoms. The Balaban J connectivity index is 1.20. The molecule has 1 aromatic carbocycles. The van der Waals surface area contributed by atoms with E-state index in [1.54, 1.807) is 6.07 Å². The molecule has 6 heterocycles. The van der Waals surface area contributed by atoms with Gasteiger partial charge in [0.05, 0.1) is 18.2 Å². The van der Waals surface area contributed by atoms with Crippen LogP contribution in [0.15, 0.2) is 23.2 Å². The Morgan fingerprint density at radius 1 is 1.06 bits per heavy atom. The van der Waals surface area contributed by atoms with E-state index in [-0.39, 0.29) is 35.6 Å². The number of aromatic hydroxyl groups is 1. The number of aliphatic imine (C=N–C) groups is 1. The second-order valence-corrected chi connectivity index (χ2v) is 17.5. The molecule has 3 saturated heterocycles. The molecule has 2 aliphatic carbocycles. The van der Waals surface area contributed by atoms with Crippen molar-refractivity contribution in [3.05, 3.63) is 23.8 Å². The summed E-state index contributed by atoms with van der Waals surface area (Å²) in [6.07, 6.45) is 8.49. The third kappa shape index (κ3) is 8.06. The van der Waals surface area contributed by atoms with E-state index >= 15 is 0 Å². The lowest BCUT2D eigenvalue weighted by atomic mass is 9.60. The van der Waals surface area contributed by atoms with Gasteiger partial charge in [-0.3, -0.25) is 9.69 Å². The third-order valence-corrected chi connectivity index (χ3v) is 13.7. The number of fused-ring (bicyclic) bond motifs is 9. The quantitative estimate of drug-likeness (QED) is 0.217. The Hall–Kier alpha value is -3.04. The number of nitrogens with one attached hydrogen (secondary N) is 2. The standard InChI is InChI=1S/C41H60N6O5/c1-26(48)51-38-17-37(50)31-6-7-32-23-46-19-28-13-29(20-46)22-47(21-28)25-45-40(42)44-24-41(32,18-31)11-9-30-3-2-4-33-16-34(10-12-43-33)52-39-15-27(14-35(30)38)5-8-36(39)49/h5,8,15,28-35,37-38,43,49-50H,2-4,6-7,10,12-14,16-25H2,1H3,(H3,42,44,45)/t28-,29+,30-,31+,32+,33-,34+,35-,37-,38+,41+/m1/s1. The van der Waals surface area contributed by atoms with Crippen molar-refractivity contribution in [1.82, 2.24) is 20.4 Å². The Bertz CT molecular complexity index is 1530. The summed E-state index contributed by atoms with van der Waals surface area (Å²) in [4.78, 5) is 22.8.